The number of pyridine rings is 1. The van der Waals surface area contributed by atoms with Crippen molar-refractivity contribution < 1.29 is 9.47 Å². The van der Waals surface area contributed by atoms with Crippen molar-refractivity contribution >= 4 is 11.6 Å². The Balaban J connectivity index is 1.43. The lowest BCUT2D eigenvalue weighted by Gasteiger charge is -2.23. The van der Waals surface area contributed by atoms with Crippen molar-refractivity contribution in [2.45, 2.75) is 25.0 Å². The minimum Gasteiger partial charge on any atom is -0.381 e. The first kappa shape index (κ1) is 19.6. The molecule has 1 fully saturated rings. The molecule has 0 spiro atoms. The van der Waals surface area contributed by atoms with Crippen LogP contribution in [0.4, 0.5) is 5.95 Å². The molecule has 1 N–H and O–H groups in total. The summed E-state index contributed by atoms with van der Waals surface area (Å²) in [6, 6.07) is 16.3. The highest BCUT2D eigenvalue weighted by molar-refractivity contribution is 5.64. The second-order valence-corrected chi connectivity index (χ2v) is 7.52. The van der Waals surface area contributed by atoms with Crippen LogP contribution in [0.1, 0.15) is 30.3 Å². The molecule has 1 saturated heterocycles. The van der Waals surface area contributed by atoms with E-state index in [4.69, 9.17) is 14.5 Å². The lowest BCUT2D eigenvalue weighted by molar-refractivity contribution is 0.0903. The van der Waals surface area contributed by atoms with E-state index in [9.17, 15) is 0 Å². The van der Waals surface area contributed by atoms with Crippen molar-refractivity contribution in [3.8, 4) is 11.3 Å². The molecule has 1 aromatic carbocycles. The highest BCUT2D eigenvalue weighted by Crippen LogP contribution is 2.26. The van der Waals surface area contributed by atoms with E-state index in [1.54, 1.807) is 13.3 Å². The van der Waals surface area contributed by atoms with Crippen molar-refractivity contribution in [1.82, 2.24) is 24.6 Å². The third-order valence-corrected chi connectivity index (χ3v) is 5.51. The van der Waals surface area contributed by atoms with E-state index in [-0.39, 0.29) is 6.10 Å². The Kier molecular flexibility index (Phi) is 5.56. The second kappa shape index (κ2) is 8.79. The van der Waals surface area contributed by atoms with Gasteiger partial charge in [-0.05, 0) is 36.6 Å². The number of nitrogens with one attached hydrogen (secondary N) is 1. The first-order chi connectivity index (χ1) is 15.3. The molecule has 1 unspecified atom stereocenters. The molecule has 0 saturated carbocycles. The Hall–Kier alpha value is -3.36. The van der Waals surface area contributed by atoms with Gasteiger partial charge in [0.2, 0.25) is 5.95 Å². The normalized spacial score (nSPS) is 15.8. The predicted molar refractivity (Wildman–Crippen MR) is 117 cm³/mol. The molecule has 0 aliphatic carbocycles. The Labute approximate surface area is 180 Å². The van der Waals surface area contributed by atoms with Crippen LogP contribution in [0.25, 0.3) is 16.9 Å². The number of aromatic nitrogens is 5. The van der Waals surface area contributed by atoms with Gasteiger partial charge in [-0.2, -0.15) is 0 Å². The minimum atomic E-state index is -0.295. The van der Waals surface area contributed by atoms with Gasteiger partial charge >= 0.3 is 0 Å². The molecule has 0 bridgehead atoms. The number of ether oxygens (including phenoxy) is 2. The summed E-state index contributed by atoms with van der Waals surface area (Å²) >= 11 is 0. The van der Waals surface area contributed by atoms with E-state index >= 15 is 0 Å². The molecular weight excluding hydrogens is 392 g/mol. The van der Waals surface area contributed by atoms with Gasteiger partial charge in [0, 0.05) is 44.3 Å². The van der Waals surface area contributed by atoms with Crippen LogP contribution in [0.15, 0.2) is 60.9 Å². The summed E-state index contributed by atoms with van der Waals surface area (Å²) in [6.45, 7) is 1.55. The molecule has 158 valence electrons. The van der Waals surface area contributed by atoms with Crippen molar-refractivity contribution in [3.05, 3.63) is 72.3 Å². The van der Waals surface area contributed by atoms with Crippen molar-refractivity contribution in [1.29, 1.82) is 0 Å². The number of rotatable bonds is 6. The number of methoxy groups -OCH3 is 1. The highest BCUT2D eigenvalue weighted by Gasteiger charge is 2.20. The predicted octanol–water partition coefficient (Wildman–Crippen LogP) is 3.51. The van der Waals surface area contributed by atoms with Gasteiger partial charge in [-0.3, -0.25) is 4.40 Å². The zero-order valence-corrected chi connectivity index (χ0v) is 17.3. The van der Waals surface area contributed by atoms with Gasteiger partial charge in [-0.25, -0.2) is 9.97 Å². The number of anilines is 1. The monoisotopic (exact) mass is 416 g/mol. The van der Waals surface area contributed by atoms with Gasteiger partial charge in [0.25, 0.3) is 0 Å². The van der Waals surface area contributed by atoms with Gasteiger partial charge in [0.15, 0.2) is 11.5 Å². The summed E-state index contributed by atoms with van der Waals surface area (Å²) in [6.07, 6.45) is 5.37. The number of benzene rings is 1. The average Bonchev–Trinajstić information content (AvgIpc) is 3.24. The zero-order chi connectivity index (χ0) is 21.0. The van der Waals surface area contributed by atoms with Gasteiger partial charge in [-0.1, -0.05) is 30.3 Å². The van der Waals surface area contributed by atoms with Crippen molar-refractivity contribution in [2.24, 2.45) is 0 Å². The Morgan fingerprint density at radius 2 is 1.94 bits per heavy atom. The van der Waals surface area contributed by atoms with Crippen LogP contribution in [-0.4, -0.2) is 50.9 Å². The van der Waals surface area contributed by atoms with E-state index in [2.05, 4.69) is 20.5 Å². The largest absolute Gasteiger partial charge is 0.381 e. The topological polar surface area (TPSA) is 86.5 Å². The molecule has 8 nitrogen and oxygen atoms in total. The van der Waals surface area contributed by atoms with Crippen LogP contribution in [0.3, 0.4) is 0 Å². The Morgan fingerprint density at radius 3 is 2.74 bits per heavy atom. The Bertz CT molecular complexity index is 1160. The molecule has 8 heteroatoms. The molecule has 1 atom stereocenters. The molecule has 31 heavy (non-hydrogen) atoms. The fourth-order valence-electron chi connectivity index (χ4n) is 3.88. The summed E-state index contributed by atoms with van der Waals surface area (Å²) in [5.41, 5.74) is 3.56. The van der Waals surface area contributed by atoms with Crippen LogP contribution < -0.4 is 5.32 Å². The summed E-state index contributed by atoms with van der Waals surface area (Å²) < 4.78 is 13.1. The fourth-order valence-corrected chi connectivity index (χ4v) is 3.88. The summed E-state index contributed by atoms with van der Waals surface area (Å²) in [4.78, 5) is 9.08. The minimum absolute atomic E-state index is 0.295. The maximum Gasteiger partial charge on any atom is 0.223 e. The highest BCUT2D eigenvalue weighted by atomic mass is 16.5. The number of nitrogens with zero attached hydrogens (tertiary/aromatic N) is 5. The summed E-state index contributed by atoms with van der Waals surface area (Å²) in [7, 11) is 1.68. The van der Waals surface area contributed by atoms with Crippen molar-refractivity contribution in [2.75, 3.05) is 25.6 Å². The second-order valence-electron chi connectivity index (χ2n) is 7.52. The van der Waals surface area contributed by atoms with E-state index in [0.29, 0.717) is 12.0 Å². The fraction of sp³-hybridized carbons (Fsp3) is 0.304. The standard InChI is InChI=1S/C23H24N6O2/c1-30-21(16-5-3-2-4-6-16)22-28-27-20-15-17(8-12-29(20)22)19-7-11-24-23(26-19)25-18-9-13-31-14-10-18/h2-8,11-12,15,18,21H,9-10,13-14H2,1H3,(H,24,25,26). The molecule has 1 aliphatic rings. The van der Waals surface area contributed by atoms with Gasteiger partial charge in [0.05, 0.1) is 5.69 Å². The van der Waals surface area contributed by atoms with Crippen molar-refractivity contribution in [3.63, 3.8) is 0 Å². The van der Waals surface area contributed by atoms with Gasteiger partial charge < -0.3 is 14.8 Å². The van der Waals surface area contributed by atoms with E-state index < -0.39 is 0 Å². The van der Waals surface area contributed by atoms with Crippen LogP contribution >= 0.6 is 0 Å². The molecule has 4 heterocycles. The average molecular weight is 416 g/mol. The van der Waals surface area contributed by atoms with Crippen LogP contribution in [0, 0.1) is 0 Å². The van der Waals surface area contributed by atoms with Crippen LogP contribution in [0.5, 0.6) is 0 Å². The number of hydrogen-bond acceptors (Lipinski definition) is 7. The lowest BCUT2D eigenvalue weighted by atomic mass is 10.1. The van der Waals surface area contributed by atoms with E-state index in [1.165, 1.54) is 0 Å². The van der Waals surface area contributed by atoms with Gasteiger partial charge in [0.1, 0.15) is 6.10 Å². The number of hydrogen-bond donors (Lipinski definition) is 1. The van der Waals surface area contributed by atoms with Gasteiger partial charge in [-0.15, -0.1) is 10.2 Å². The first-order valence-corrected chi connectivity index (χ1v) is 10.4. The first-order valence-electron chi connectivity index (χ1n) is 10.4. The summed E-state index contributed by atoms with van der Waals surface area (Å²) in [5.74, 6) is 1.37. The zero-order valence-electron chi connectivity index (χ0n) is 17.3. The van der Waals surface area contributed by atoms with E-state index in [1.807, 2.05) is 59.1 Å². The molecule has 0 amide bonds. The molecule has 5 rings (SSSR count). The van der Waals surface area contributed by atoms with Crippen LogP contribution in [0.2, 0.25) is 0 Å². The Morgan fingerprint density at radius 1 is 1.10 bits per heavy atom. The van der Waals surface area contributed by atoms with Crippen LogP contribution in [-0.2, 0) is 9.47 Å². The van der Waals surface area contributed by atoms with E-state index in [0.717, 1.165) is 54.3 Å². The maximum absolute atomic E-state index is 5.73. The third-order valence-electron chi connectivity index (χ3n) is 5.51. The molecule has 1 aliphatic heterocycles. The molecule has 0 radical (unpaired) electrons. The third kappa shape index (κ3) is 4.12. The summed E-state index contributed by atoms with van der Waals surface area (Å²) in [5, 5.41) is 12.2. The smallest absolute Gasteiger partial charge is 0.223 e. The SMILES string of the molecule is COC(c1ccccc1)c1nnc2cc(-c3ccnc(NC4CCOCC4)n3)ccn12. The maximum atomic E-state index is 5.73. The quantitative estimate of drug-likeness (QED) is 0.515. The molecule has 3 aromatic heterocycles. The molecular formula is C23H24N6O2. The molecule has 4 aromatic rings. The number of fused-ring (bicyclic) bond motifs is 1. The lowest BCUT2D eigenvalue weighted by Crippen LogP contribution is -2.28.